The molecular formula is C28H31N3O4S. The van der Waals surface area contributed by atoms with Gasteiger partial charge in [-0.2, -0.15) is 4.31 Å². The molecule has 7 nitrogen and oxygen atoms in total. The van der Waals surface area contributed by atoms with Gasteiger partial charge in [0.25, 0.3) is 5.91 Å². The molecule has 0 radical (unpaired) electrons. The quantitative estimate of drug-likeness (QED) is 0.497. The van der Waals surface area contributed by atoms with Crippen molar-refractivity contribution >= 4 is 33.3 Å². The Morgan fingerprint density at radius 2 is 1.67 bits per heavy atom. The Morgan fingerprint density at radius 3 is 2.39 bits per heavy atom. The monoisotopic (exact) mass is 505 g/mol. The zero-order valence-electron chi connectivity index (χ0n) is 21.3. The average Bonchev–Trinajstić information content (AvgIpc) is 3.28. The van der Waals surface area contributed by atoms with E-state index >= 15 is 0 Å². The highest BCUT2D eigenvalue weighted by molar-refractivity contribution is 7.89. The number of benzene rings is 2. The first-order valence-corrected chi connectivity index (χ1v) is 13.5. The lowest BCUT2D eigenvalue weighted by molar-refractivity contribution is -0.112. The number of rotatable bonds is 4. The van der Waals surface area contributed by atoms with Crippen LogP contribution >= 0.6 is 0 Å². The fourth-order valence-electron chi connectivity index (χ4n) is 5.10. The molecule has 5 rings (SSSR count). The SMILES string of the molecule is Cc1cccc(-n2c(C)cc(/C=C3\C(=O)N(C)c4ccc(S(=O)(=O)N5CCOCC5)cc43)c2C)c1C. The number of carbonyl (C=O) groups is 1. The van der Waals surface area contributed by atoms with Gasteiger partial charge in [0.15, 0.2) is 0 Å². The third-order valence-electron chi connectivity index (χ3n) is 7.35. The van der Waals surface area contributed by atoms with Crippen LogP contribution in [-0.4, -0.2) is 56.5 Å². The summed E-state index contributed by atoms with van der Waals surface area (Å²) < 4.78 is 35.5. The van der Waals surface area contributed by atoms with Gasteiger partial charge in [-0.25, -0.2) is 8.42 Å². The first kappa shape index (κ1) is 24.5. The van der Waals surface area contributed by atoms with Gasteiger partial charge in [0.1, 0.15) is 0 Å². The minimum Gasteiger partial charge on any atom is -0.379 e. The van der Waals surface area contributed by atoms with Crippen molar-refractivity contribution in [1.29, 1.82) is 0 Å². The maximum atomic E-state index is 13.3. The predicted octanol–water partition coefficient (Wildman–Crippen LogP) is 4.25. The maximum Gasteiger partial charge on any atom is 0.258 e. The summed E-state index contributed by atoms with van der Waals surface area (Å²) in [6.07, 6.45) is 1.89. The summed E-state index contributed by atoms with van der Waals surface area (Å²) in [7, 11) is -1.96. The van der Waals surface area contributed by atoms with E-state index in [0.717, 1.165) is 22.6 Å². The maximum absolute atomic E-state index is 13.3. The Hall–Kier alpha value is -3.20. The van der Waals surface area contributed by atoms with Crippen LogP contribution in [0.15, 0.2) is 47.4 Å². The van der Waals surface area contributed by atoms with Crippen LogP contribution in [0.5, 0.6) is 0 Å². The Kier molecular flexibility index (Phi) is 6.14. The number of amides is 1. The Morgan fingerprint density at radius 1 is 0.944 bits per heavy atom. The third kappa shape index (κ3) is 3.89. The zero-order valence-corrected chi connectivity index (χ0v) is 22.1. The molecule has 0 spiro atoms. The van der Waals surface area contributed by atoms with Crippen molar-refractivity contribution in [2.75, 3.05) is 38.3 Å². The second-order valence-electron chi connectivity index (χ2n) is 9.50. The smallest absolute Gasteiger partial charge is 0.258 e. The fourth-order valence-corrected chi connectivity index (χ4v) is 6.54. The molecule has 0 aliphatic carbocycles. The summed E-state index contributed by atoms with van der Waals surface area (Å²) in [6, 6.07) is 13.3. The number of fused-ring (bicyclic) bond motifs is 1. The van der Waals surface area contributed by atoms with Crippen molar-refractivity contribution in [3.63, 3.8) is 0 Å². The number of hydrogen-bond acceptors (Lipinski definition) is 4. The molecule has 1 amide bonds. The first-order chi connectivity index (χ1) is 17.1. The number of aromatic nitrogens is 1. The number of anilines is 1. The van der Waals surface area contributed by atoms with Crippen LogP contribution in [0, 0.1) is 27.7 Å². The van der Waals surface area contributed by atoms with Gasteiger partial charge in [0.2, 0.25) is 10.0 Å². The van der Waals surface area contributed by atoms with E-state index in [0.29, 0.717) is 43.1 Å². The Balaban J connectivity index is 1.60. The molecule has 0 saturated carbocycles. The highest BCUT2D eigenvalue weighted by Crippen LogP contribution is 2.39. The minimum absolute atomic E-state index is 0.151. The summed E-state index contributed by atoms with van der Waals surface area (Å²) in [5.74, 6) is -0.151. The lowest BCUT2D eigenvalue weighted by atomic mass is 10.0. The van der Waals surface area contributed by atoms with Crippen LogP contribution in [0.2, 0.25) is 0 Å². The molecule has 0 unspecified atom stereocenters. The van der Waals surface area contributed by atoms with Crippen LogP contribution in [0.4, 0.5) is 5.69 Å². The van der Waals surface area contributed by atoms with Crippen LogP contribution < -0.4 is 4.90 Å². The van der Waals surface area contributed by atoms with E-state index in [1.807, 2.05) is 13.0 Å². The van der Waals surface area contributed by atoms with E-state index in [-0.39, 0.29) is 10.8 Å². The van der Waals surface area contributed by atoms with Gasteiger partial charge >= 0.3 is 0 Å². The highest BCUT2D eigenvalue weighted by atomic mass is 32.2. The molecule has 0 bridgehead atoms. The van der Waals surface area contributed by atoms with Crippen molar-refractivity contribution in [2.24, 2.45) is 0 Å². The van der Waals surface area contributed by atoms with Gasteiger partial charge < -0.3 is 14.2 Å². The third-order valence-corrected chi connectivity index (χ3v) is 9.24. The number of nitrogens with zero attached hydrogens (tertiary/aromatic N) is 3. The van der Waals surface area contributed by atoms with E-state index in [9.17, 15) is 13.2 Å². The molecule has 1 saturated heterocycles. The molecule has 2 aromatic carbocycles. The van der Waals surface area contributed by atoms with Crippen LogP contribution in [0.1, 0.15) is 33.6 Å². The van der Waals surface area contributed by atoms with Crippen molar-refractivity contribution in [1.82, 2.24) is 8.87 Å². The number of morpholine rings is 1. The summed E-state index contributed by atoms with van der Waals surface area (Å²) in [6.45, 7) is 9.73. The summed E-state index contributed by atoms with van der Waals surface area (Å²) in [5, 5.41) is 0. The molecule has 1 aromatic heterocycles. The van der Waals surface area contributed by atoms with Crippen molar-refractivity contribution < 1.29 is 17.9 Å². The molecule has 3 heterocycles. The summed E-state index contributed by atoms with van der Waals surface area (Å²) in [5.41, 5.74) is 8.39. The molecule has 36 heavy (non-hydrogen) atoms. The lowest BCUT2D eigenvalue weighted by Gasteiger charge is -2.26. The molecule has 2 aliphatic heterocycles. The second-order valence-corrected chi connectivity index (χ2v) is 11.4. The van der Waals surface area contributed by atoms with Crippen molar-refractivity contribution in [3.05, 3.63) is 76.1 Å². The normalized spacial score (nSPS) is 17.8. The summed E-state index contributed by atoms with van der Waals surface area (Å²) >= 11 is 0. The average molecular weight is 506 g/mol. The minimum atomic E-state index is -3.68. The van der Waals surface area contributed by atoms with Crippen molar-refractivity contribution in [2.45, 2.75) is 32.6 Å². The topological polar surface area (TPSA) is 71.9 Å². The molecule has 1 fully saturated rings. The Bertz CT molecular complexity index is 1510. The number of likely N-dealkylation sites (N-methyl/N-ethyl adjacent to an activating group) is 1. The van der Waals surface area contributed by atoms with Gasteiger partial charge in [0.05, 0.1) is 23.8 Å². The van der Waals surface area contributed by atoms with E-state index < -0.39 is 10.0 Å². The zero-order chi connectivity index (χ0) is 25.8. The van der Waals surface area contributed by atoms with Crippen molar-refractivity contribution in [3.8, 4) is 5.69 Å². The summed E-state index contributed by atoms with van der Waals surface area (Å²) in [4.78, 5) is 15.0. The van der Waals surface area contributed by atoms with Crippen LogP contribution in [-0.2, 0) is 19.6 Å². The number of aryl methyl sites for hydroxylation is 2. The number of carbonyl (C=O) groups excluding carboxylic acids is 1. The first-order valence-electron chi connectivity index (χ1n) is 12.1. The van der Waals surface area contributed by atoms with Gasteiger partial charge in [-0.05, 0) is 80.8 Å². The molecule has 8 heteroatoms. The predicted molar refractivity (Wildman–Crippen MR) is 142 cm³/mol. The van der Waals surface area contributed by atoms with E-state index in [4.69, 9.17) is 4.74 Å². The van der Waals surface area contributed by atoms with Gasteiger partial charge in [0, 0.05) is 48.3 Å². The standard InChI is InChI=1S/C28H31N3O4S/c1-18-7-6-8-26(20(18)3)31-19(2)15-22(21(31)4)16-25-24-17-23(9-10-27(24)29(5)28(25)32)36(33,34)30-11-13-35-14-12-30/h6-10,15-17H,11-14H2,1-5H3/b25-16-. The van der Waals surface area contributed by atoms with Gasteiger partial charge in [-0.3, -0.25) is 4.79 Å². The number of sulfonamides is 1. The largest absolute Gasteiger partial charge is 0.379 e. The van der Waals surface area contributed by atoms with Gasteiger partial charge in [-0.1, -0.05) is 12.1 Å². The molecule has 188 valence electrons. The molecule has 3 aromatic rings. The highest BCUT2D eigenvalue weighted by Gasteiger charge is 2.33. The Labute approximate surface area is 212 Å². The van der Waals surface area contributed by atoms with E-state index in [1.54, 1.807) is 30.1 Å². The second kappa shape index (κ2) is 9.03. The lowest BCUT2D eigenvalue weighted by Crippen LogP contribution is -2.40. The molecule has 0 N–H and O–H groups in total. The number of ether oxygens (including phenoxy) is 1. The van der Waals surface area contributed by atoms with Gasteiger partial charge in [-0.15, -0.1) is 0 Å². The van der Waals surface area contributed by atoms with Crippen LogP contribution in [0.25, 0.3) is 17.3 Å². The van der Waals surface area contributed by atoms with Crippen LogP contribution in [0.3, 0.4) is 0 Å². The van der Waals surface area contributed by atoms with E-state index in [2.05, 4.69) is 49.6 Å². The molecule has 0 atom stereocenters. The van der Waals surface area contributed by atoms with E-state index in [1.165, 1.54) is 15.4 Å². The molecule has 2 aliphatic rings. The number of hydrogen-bond donors (Lipinski definition) is 0. The fraction of sp³-hybridized carbons (Fsp3) is 0.321. The molecular weight excluding hydrogens is 474 g/mol.